The second-order valence-corrected chi connectivity index (χ2v) is 8.77. The second-order valence-electron chi connectivity index (χ2n) is 6.83. The molecule has 2 heterocycles. The molecule has 0 aromatic heterocycles. The summed E-state index contributed by atoms with van der Waals surface area (Å²) < 4.78 is 32.7. The molecule has 0 radical (unpaired) electrons. The molecule has 0 atom stereocenters. The van der Waals surface area contributed by atoms with E-state index in [-0.39, 0.29) is 30.5 Å². The minimum absolute atomic E-state index is 0.130. The predicted molar refractivity (Wildman–Crippen MR) is 106 cm³/mol. The zero-order chi connectivity index (χ0) is 20.4. The van der Waals surface area contributed by atoms with Gasteiger partial charge in [0, 0.05) is 31.7 Å². The third-order valence-corrected chi connectivity index (χ3v) is 6.97. The molecule has 0 aliphatic carbocycles. The molecule has 2 aromatic carbocycles. The van der Waals surface area contributed by atoms with Gasteiger partial charge in [-0.05, 0) is 36.4 Å². The summed E-state index contributed by atoms with van der Waals surface area (Å²) in [4.78, 5) is 14.6. The number of piperazine rings is 1. The summed E-state index contributed by atoms with van der Waals surface area (Å²) in [5, 5.41) is 8.86. The van der Waals surface area contributed by atoms with Crippen molar-refractivity contribution >= 4 is 22.0 Å². The SMILES string of the molecule is N#Cc1ccc(S(=O)(=O)N2CCN(C(=O)C3=Cc4ccccc4OC3)CC2)cc1. The van der Waals surface area contributed by atoms with Crippen molar-refractivity contribution in [3.63, 3.8) is 0 Å². The van der Waals surface area contributed by atoms with Gasteiger partial charge in [0.1, 0.15) is 12.4 Å². The van der Waals surface area contributed by atoms with Crippen LogP contribution in [-0.2, 0) is 14.8 Å². The number of hydrogen-bond donors (Lipinski definition) is 0. The molecule has 0 N–H and O–H groups in total. The Labute approximate surface area is 169 Å². The molecule has 0 spiro atoms. The minimum atomic E-state index is -3.65. The number of para-hydroxylation sites is 1. The molecule has 148 valence electrons. The molecule has 1 amide bonds. The Morgan fingerprint density at radius 3 is 2.38 bits per heavy atom. The molecule has 1 saturated heterocycles. The highest BCUT2D eigenvalue weighted by molar-refractivity contribution is 7.89. The van der Waals surface area contributed by atoms with Gasteiger partial charge in [-0.1, -0.05) is 18.2 Å². The molecule has 29 heavy (non-hydrogen) atoms. The van der Waals surface area contributed by atoms with Crippen LogP contribution in [0.5, 0.6) is 5.75 Å². The van der Waals surface area contributed by atoms with E-state index in [4.69, 9.17) is 10.00 Å². The van der Waals surface area contributed by atoms with Crippen molar-refractivity contribution in [3.8, 4) is 11.8 Å². The lowest BCUT2D eigenvalue weighted by molar-refractivity contribution is -0.128. The number of hydrogen-bond acceptors (Lipinski definition) is 5. The summed E-state index contributed by atoms with van der Waals surface area (Å²) in [6, 6.07) is 15.3. The van der Waals surface area contributed by atoms with E-state index in [2.05, 4.69) is 0 Å². The fourth-order valence-electron chi connectivity index (χ4n) is 3.42. The third-order valence-electron chi connectivity index (χ3n) is 5.05. The maximum absolute atomic E-state index is 12.8. The number of rotatable bonds is 3. The van der Waals surface area contributed by atoms with Crippen LogP contribution in [0.4, 0.5) is 0 Å². The van der Waals surface area contributed by atoms with Crippen molar-refractivity contribution in [3.05, 3.63) is 65.2 Å². The van der Waals surface area contributed by atoms with Crippen molar-refractivity contribution in [1.29, 1.82) is 5.26 Å². The van der Waals surface area contributed by atoms with Crippen LogP contribution < -0.4 is 4.74 Å². The molecule has 0 bridgehead atoms. The van der Waals surface area contributed by atoms with Gasteiger partial charge >= 0.3 is 0 Å². The number of sulfonamides is 1. The standard InChI is InChI=1S/C21H19N3O4S/c22-14-16-5-7-19(8-6-16)29(26,27)24-11-9-23(10-12-24)21(25)18-13-17-3-1-2-4-20(17)28-15-18/h1-8,13H,9-12,15H2. The van der Waals surface area contributed by atoms with Gasteiger partial charge in [0.2, 0.25) is 10.0 Å². The molecular formula is C21H19N3O4S. The van der Waals surface area contributed by atoms with Crippen LogP contribution in [0, 0.1) is 11.3 Å². The smallest absolute Gasteiger partial charge is 0.253 e. The molecule has 0 saturated carbocycles. The van der Waals surface area contributed by atoms with Gasteiger partial charge in [0.05, 0.1) is 22.1 Å². The summed E-state index contributed by atoms with van der Waals surface area (Å²) in [7, 11) is -3.65. The Morgan fingerprint density at radius 1 is 1.00 bits per heavy atom. The topological polar surface area (TPSA) is 90.7 Å². The molecule has 2 aromatic rings. The van der Waals surface area contributed by atoms with E-state index in [1.54, 1.807) is 4.90 Å². The normalized spacial score (nSPS) is 16.9. The summed E-state index contributed by atoms with van der Waals surface area (Å²) in [5.41, 5.74) is 1.83. The van der Waals surface area contributed by atoms with Crippen molar-refractivity contribution in [2.75, 3.05) is 32.8 Å². The number of carbonyl (C=O) groups excluding carboxylic acids is 1. The summed E-state index contributed by atoms with van der Waals surface area (Å²) in [5.74, 6) is 0.623. The highest BCUT2D eigenvalue weighted by Crippen LogP contribution is 2.27. The Balaban J connectivity index is 1.43. The summed E-state index contributed by atoms with van der Waals surface area (Å²) in [6.07, 6.45) is 1.83. The van der Waals surface area contributed by atoms with Crippen LogP contribution in [0.1, 0.15) is 11.1 Å². The first-order valence-electron chi connectivity index (χ1n) is 9.21. The van der Waals surface area contributed by atoms with Gasteiger partial charge < -0.3 is 9.64 Å². The van der Waals surface area contributed by atoms with Crippen molar-refractivity contribution in [2.24, 2.45) is 0 Å². The van der Waals surface area contributed by atoms with E-state index < -0.39 is 10.0 Å². The zero-order valence-corrected chi connectivity index (χ0v) is 16.4. The lowest BCUT2D eigenvalue weighted by atomic mass is 10.1. The molecule has 2 aliphatic rings. The van der Waals surface area contributed by atoms with Crippen LogP contribution in [0.15, 0.2) is 59.0 Å². The Kier molecular flexibility index (Phi) is 5.09. The van der Waals surface area contributed by atoms with E-state index in [0.29, 0.717) is 24.2 Å². The van der Waals surface area contributed by atoms with E-state index in [9.17, 15) is 13.2 Å². The fourth-order valence-corrected chi connectivity index (χ4v) is 4.85. The largest absolute Gasteiger partial charge is 0.488 e. The van der Waals surface area contributed by atoms with Crippen LogP contribution in [0.3, 0.4) is 0 Å². The Bertz CT molecular complexity index is 1110. The van der Waals surface area contributed by atoms with E-state index in [1.807, 2.05) is 36.4 Å². The van der Waals surface area contributed by atoms with E-state index in [1.165, 1.54) is 28.6 Å². The first-order chi connectivity index (χ1) is 14.0. The average Bonchev–Trinajstić information content (AvgIpc) is 2.78. The van der Waals surface area contributed by atoms with E-state index >= 15 is 0 Å². The van der Waals surface area contributed by atoms with Gasteiger partial charge in [-0.2, -0.15) is 9.57 Å². The highest BCUT2D eigenvalue weighted by atomic mass is 32.2. The third kappa shape index (κ3) is 3.75. The molecular weight excluding hydrogens is 390 g/mol. The maximum Gasteiger partial charge on any atom is 0.253 e. The van der Waals surface area contributed by atoms with Crippen LogP contribution in [0.25, 0.3) is 6.08 Å². The number of amides is 1. The molecule has 2 aliphatic heterocycles. The van der Waals surface area contributed by atoms with Crippen LogP contribution in [-0.4, -0.2) is 56.3 Å². The predicted octanol–water partition coefficient (Wildman–Crippen LogP) is 1.87. The highest BCUT2D eigenvalue weighted by Gasteiger charge is 2.31. The quantitative estimate of drug-likeness (QED) is 0.772. The number of benzene rings is 2. The number of carbonyl (C=O) groups is 1. The van der Waals surface area contributed by atoms with Crippen molar-refractivity contribution in [1.82, 2.24) is 9.21 Å². The number of fused-ring (bicyclic) bond motifs is 1. The maximum atomic E-state index is 12.8. The lowest BCUT2D eigenvalue weighted by Gasteiger charge is -2.34. The minimum Gasteiger partial charge on any atom is -0.488 e. The fraction of sp³-hybridized carbons (Fsp3) is 0.238. The van der Waals surface area contributed by atoms with Crippen molar-refractivity contribution in [2.45, 2.75) is 4.90 Å². The van der Waals surface area contributed by atoms with Crippen LogP contribution in [0.2, 0.25) is 0 Å². The monoisotopic (exact) mass is 409 g/mol. The molecule has 7 nitrogen and oxygen atoms in total. The van der Waals surface area contributed by atoms with Gasteiger partial charge in [-0.3, -0.25) is 4.79 Å². The van der Waals surface area contributed by atoms with Gasteiger partial charge in [0.25, 0.3) is 5.91 Å². The van der Waals surface area contributed by atoms with Gasteiger partial charge in [-0.25, -0.2) is 8.42 Å². The first-order valence-corrected chi connectivity index (χ1v) is 10.6. The Hall–Kier alpha value is -3.15. The summed E-state index contributed by atoms with van der Waals surface area (Å²) in [6.45, 7) is 1.28. The number of nitriles is 1. The Morgan fingerprint density at radius 2 is 1.69 bits per heavy atom. The zero-order valence-electron chi connectivity index (χ0n) is 15.6. The van der Waals surface area contributed by atoms with Crippen molar-refractivity contribution < 1.29 is 17.9 Å². The second kappa shape index (κ2) is 7.70. The van der Waals surface area contributed by atoms with Gasteiger partial charge in [0.15, 0.2) is 0 Å². The summed E-state index contributed by atoms with van der Waals surface area (Å²) >= 11 is 0. The number of nitrogens with zero attached hydrogens (tertiary/aromatic N) is 3. The first kappa shape index (κ1) is 19.2. The van der Waals surface area contributed by atoms with Crippen LogP contribution >= 0.6 is 0 Å². The molecule has 4 rings (SSSR count). The molecule has 0 unspecified atom stereocenters. The lowest BCUT2D eigenvalue weighted by Crippen LogP contribution is -2.51. The average molecular weight is 409 g/mol. The molecule has 1 fully saturated rings. The van der Waals surface area contributed by atoms with Gasteiger partial charge in [-0.15, -0.1) is 0 Å². The van der Waals surface area contributed by atoms with E-state index in [0.717, 1.165) is 11.3 Å². The molecule has 8 heteroatoms. The number of ether oxygens (including phenoxy) is 1.